The number of hydrogen-bond acceptors (Lipinski definition) is 2. The molecule has 0 aromatic heterocycles. The van der Waals surface area contributed by atoms with Crippen LogP contribution in [0, 0.1) is 11.3 Å². The number of benzene rings is 1. The maximum absolute atomic E-state index is 12.1. The largest absolute Gasteiger partial charge is 0.343 e. The Morgan fingerprint density at radius 1 is 1.32 bits per heavy atom. The van der Waals surface area contributed by atoms with Gasteiger partial charge in [-0.05, 0) is 25.0 Å². The maximum Gasteiger partial charge on any atom is 0.224 e. The smallest absolute Gasteiger partial charge is 0.224 e. The zero-order valence-electron chi connectivity index (χ0n) is 10.4. The minimum atomic E-state index is -0.589. The third-order valence-electron chi connectivity index (χ3n) is 3.34. The molecule has 1 aliphatic heterocycles. The summed E-state index contributed by atoms with van der Waals surface area (Å²) in [7, 11) is 0. The molecule has 1 aromatic rings. The predicted molar refractivity (Wildman–Crippen MR) is 75.2 cm³/mol. The van der Waals surface area contributed by atoms with Gasteiger partial charge in [-0.1, -0.05) is 29.3 Å². The molecule has 2 rings (SSSR count). The highest BCUT2D eigenvalue weighted by atomic mass is 35.5. The lowest BCUT2D eigenvalue weighted by molar-refractivity contribution is -0.130. The molecular formula is C14H14Cl2N2O. The van der Waals surface area contributed by atoms with Crippen molar-refractivity contribution >= 4 is 29.1 Å². The normalized spacial score (nSPS) is 16.2. The van der Waals surface area contributed by atoms with E-state index in [0.29, 0.717) is 15.6 Å². The second-order valence-electron chi connectivity index (χ2n) is 4.61. The van der Waals surface area contributed by atoms with E-state index in [2.05, 4.69) is 6.07 Å². The third-order valence-corrected chi connectivity index (χ3v) is 4.00. The first-order chi connectivity index (χ1) is 9.13. The summed E-state index contributed by atoms with van der Waals surface area (Å²) in [6, 6.07) is 7.24. The van der Waals surface area contributed by atoms with Crippen LogP contribution in [0.25, 0.3) is 0 Å². The highest BCUT2D eigenvalue weighted by molar-refractivity contribution is 6.36. The molecule has 1 amide bonds. The Balaban J connectivity index is 2.16. The number of likely N-dealkylation sites (tertiary alicyclic amines) is 1. The Labute approximate surface area is 122 Å². The van der Waals surface area contributed by atoms with Gasteiger partial charge in [-0.2, -0.15) is 5.26 Å². The van der Waals surface area contributed by atoms with Crippen LogP contribution in [0.15, 0.2) is 18.2 Å². The second kappa shape index (κ2) is 6.27. The summed E-state index contributed by atoms with van der Waals surface area (Å²) in [4.78, 5) is 13.9. The molecule has 19 heavy (non-hydrogen) atoms. The topological polar surface area (TPSA) is 44.1 Å². The fourth-order valence-electron chi connectivity index (χ4n) is 2.33. The quantitative estimate of drug-likeness (QED) is 0.855. The minimum absolute atomic E-state index is 0.0000337. The third kappa shape index (κ3) is 3.20. The van der Waals surface area contributed by atoms with E-state index in [1.54, 1.807) is 23.1 Å². The fraction of sp³-hybridized carbons (Fsp3) is 0.429. The number of halogens is 2. The Hall–Kier alpha value is -1.24. The van der Waals surface area contributed by atoms with Crippen LogP contribution in [0.4, 0.5) is 0 Å². The standard InChI is InChI=1S/C14H14Cl2N2O/c15-11-4-3-5-12(16)14(11)10(9-17)8-13(19)18-6-1-2-7-18/h3-5,10H,1-2,6-8H2. The van der Waals surface area contributed by atoms with Gasteiger partial charge in [0.25, 0.3) is 0 Å². The van der Waals surface area contributed by atoms with Crippen molar-refractivity contribution in [2.24, 2.45) is 0 Å². The summed E-state index contributed by atoms with van der Waals surface area (Å²) < 4.78 is 0. The molecule has 0 aliphatic carbocycles. The number of rotatable bonds is 3. The first-order valence-electron chi connectivity index (χ1n) is 6.24. The SMILES string of the molecule is N#CC(CC(=O)N1CCCC1)c1c(Cl)cccc1Cl. The van der Waals surface area contributed by atoms with Gasteiger partial charge in [0, 0.05) is 35.1 Å². The van der Waals surface area contributed by atoms with Crippen molar-refractivity contribution in [3.63, 3.8) is 0 Å². The van der Waals surface area contributed by atoms with E-state index in [4.69, 9.17) is 23.2 Å². The molecule has 1 unspecified atom stereocenters. The van der Waals surface area contributed by atoms with Crippen molar-refractivity contribution in [2.75, 3.05) is 13.1 Å². The fourth-order valence-corrected chi connectivity index (χ4v) is 2.99. The highest BCUT2D eigenvalue weighted by Crippen LogP contribution is 2.33. The van der Waals surface area contributed by atoms with E-state index in [1.165, 1.54) is 0 Å². The summed E-state index contributed by atoms with van der Waals surface area (Å²) in [6.07, 6.45) is 2.21. The summed E-state index contributed by atoms with van der Waals surface area (Å²) >= 11 is 12.2. The van der Waals surface area contributed by atoms with Crippen LogP contribution in [0.2, 0.25) is 10.0 Å². The Kier molecular flexibility index (Phi) is 4.68. The van der Waals surface area contributed by atoms with Crippen LogP contribution in [-0.2, 0) is 4.79 Å². The molecule has 1 saturated heterocycles. The number of amides is 1. The molecule has 0 N–H and O–H groups in total. The lowest BCUT2D eigenvalue weighted by atomic mass is 9.96. The zero-order valence-corrected chi connectivity index (χ0v) is 11.9. The molecule has 0 spiro atoms. The molecule has 1 aromatic carbocycles. The number of carbonyl (C=O) groups is 1. The monoisotopic (exact) mass is 296 g/mol. The highest BCUT2D eigenvalue weighted by Gasteiger charge is 2.25. The van der Waals surface area contributed by atoms with Crippen molar-refractivity contribution in [1.29, 1.82) is 5.26 Å². The van der Waals surface area contributed by atoms with Gasteiger partial charge in [0.05, 0.1) is 12.0 Å². The molecule has 3 nitrogen and oxygen atoms in total. The first-order valence-corrected chi connectivity index (χ1v) is 7.00. The van der Waals surface area contributed by atoms with E-state index < -0.39 is 5.92 Å². The van der Waals surface area contributed by atoms with Gasteiger partial charge in [-0.3, -0.25) is 4.79 Å². The molecule has 0 bridgehead atoms. The number of nitriles is 1. The van der Waals surface area contributed by atoms with Crippen LogP contribution in [0.3, 0.4) is 0 Å². The predicted octanol–water partition coefficient (Wildman–Crippen LogP) is 3.61. The zero-order chi connectivity index (χ0) is 13.8. The number of hydrogen-bond donors (Lipinski definition) is 0. The van der Waals surface area contributed by atoms with Crippen molar-refractivity contribution < 1.29 is 4.79 Å². The van der Waals surface area contributed by atoms with Gasteiger partial charge < -0.3 is 4.90 Å². The lowest BCUT2D eigenvalue weighted by Crippen LogP contribution is -2.28. The van der Waals surface area contributed by atoms with E-state index in [-0.39, 0.29) is 12.3 Å². The van der Waals surface area contributed by atoms with E-state index >= 15 is 0 Å². The Bertz CT molecular complexity index is 498. The summed E-state index contributed by atoms with van der Waals surface area (Å²) in [5.41, 5.74) is 0.556. The molecular weight excluding hydrogens is 283 g/mol. The molecule has 1 fully saturated rings. The number of nitrogens with zero attached hydrogens (tertiary/aromatic N) is 2. The molecule has 1 aliphatic rings. The van der Waals surface area contributed by atoms with E-state index in [0.717, 1.165) is 25.9 Å². The maximum atomic E-state index is 12.1. The Morgan fingerprint density at radius 3 is 2.42 bits per heavy atom. The van der Waals surface area contributed by atoms with Gasteiger partial charge in [-0.15, -0.1) is 0 Å². The summed E-state index contributed by atoms with van der Waals surface area (Å²) in [6.45, 7) is 1.57. The number of carbonyl (C=O) groups excluding carboxylic acids is 1. The van der Waals surface area contributed by atoms with Crippen molar-refractivity contribution in [3.8, 4) is 6.07 Å². The Morgan fingerprint density at radius 2 is 1.89 bits per heavy atom. The van der Waals surface area contributed by atoms with Gasteiger partial charge in [0.2, 0.25) is 5.91 Å². The van der Waals surface area contributed by atoms with Gasteiger partial charge in [-0.25, -0.2) is 0 Å². The summed E-state index contributed by atoms with van der Waals surface area (Å²) in [5.74, 6) is -0.589. The van der Waals surface area contributed by atoms with Crippen LogP contribution < -0.4 is 0 Å². The van der Waals surface area contributed by atoms with Crippen molar-refractivity contribution in [2.45, 2.75) is 25.2 Å². The van der Waals surface area contributed by atoms with Crippen molar-refractivity contribution in [3.05, 3.63) is 33.8 Å². The van der Waals surface area contributed by atoms with Crippen LogP contribution in [-0.4, -0.2) is 23.9 Å². The van der Waals surface area contributed by atoms with Gasteiger partial charge in [0.15, 0.2) is 0 Å². The van der Waals surface area contributed by atoms with E-state index in [9.17, 15) is 10.1 Å². The molecule has 100 valence electrons. The summed E-state index contributed by atoms with van der Waals surface area (Å²) in [5, 5.41) is 10.2. The average Bonchev–Trinajstić information content (AvgIpc) is 2.91. The van der Waals surface area contributed by atoms with Crippen LogP contribution in [0.5, 0.6) is 0 Å². The second-order valence-corrected chi connectivity index (χ2v) is 5.42. The van der Waals surface area contributed by atoms with Crippen LogP contribution in [0.1, 0.15) is 30.7 Å². The van der Waals surface area contributed by atoms with Gasteiger partial charge >= 0.3 is 0 Å². The first kappa shape index (κ1) is 14.2. The van der Waals surface area contributed by atoms with Crippen molar-refractivity contribution in [1.82, 2.24) is 4.90 Å². The van der Waals surface area contributed by atoms with Gasteiger partial charge in [0.1, 0.15) is 0 Å². The molecule has 0 radical (unpaired) electrons. The van der Waals surface area contributed by atoms with E-state index in [1.807, 2.05) is 0 Å². The minimum Gasteiger partial charge on any atom is -0.343 e. The molecule has 0 saturated carbocycles. The molecule has 1 heterocycles. The molecule has 5 heteroatoms. The average molecular weight is 297 g/mol. The molecule has 1 atom stereocenters. The van der Waals surface area contributed by atoms with Crippen LogP contribution >= 0.6 is 23.2 Å². The lowest BCUT2D eigenvalue weighted by Gasteiger charge is -2.18.